The van der Waals surface area contributed by atoms with Crippen LogP contribution in [0.4, 0.5) is 0 Å². The molecular weight excluding hydrogens is 354 g/mol. The third-order valence-corrected chi connectivity index (χ3v) is 4.86. The van der Waals surface area contributed by atoms with Crippen molar-refractivity contribution < 1.29 is 0 Å². The molecule has 2 aromatic rings. The maximum absolute atomic E-state index is 9.06. The normalized spacial score (nSPS) is 10.7. The van der Waals surface area contributed by atoms with Crippen molar-refractivity contribution in [1.82, 2.24) is 4.90 Å². The van der Waals surface area contributed by atoms with Crippen molar-refractivity contribution in [3.63, 3.8) is 0 Å². The van der Waals surface area contributed by atoms with Crippen molar-refractivity contribution in [1.29, 1.82) is 5.26 Å². The summed E-state index contributed by atoms with van der Waals surface area (Å²) >= 11 is 0. The molecule has 0 fully saturated rings. The number of aliphatic imine (C=N–C) groups is 1. The number of rotatable bonds is 4. The summed E-state index contributed by atoms with van der Waals surface area (Å²) in [4.78, 5) is 6.64. The van der Waals surface area contributed by atoms with Gasteiger partial charge in [-0.05, 0) is 40.7 Å². The second kappa shape index (κ2) is 12.8. The summed E-state index contributed by atoms with van der Waals surface area (Å²) in [5.74, 6) is 0.969. The van der Waals surface area contributed by atoms with Gasteiger partial charge >= 0.3 is 0 Å². The van der Waals surface area contributed by atoms with E-state index in [0.29, 0.717) is 5.56 Å². The molecule has 0 amide bonds. The highest BCUT2D eigenvalue weighted by atomic mass is 15.1. The van der Waals surface area contributed by atoms with Crippen LogP contribution in [0, 0.1) is 11.3 Å². The minimum Gasteiger partial charge on any atom is -0.363 e. The molecule has 0 heterocycles. The second-order valence-corrected chi connectivity index (χ2v) is 7.10. The van der Waals surface area contributed by atoms with E-state index in [-0.39, 0.29) is 5.41 Å². The van der Waals surface area contributed by atoms with Crippen LogP contribution in [0.2, 0.25) is 0 Å². The van der Waals surface area contributed by atoms with Gasteiger partial charge in [-0.15, -0.1) is 0 Å². The van der Waals surface area contributed by atoms with Gasteiger partial charge in [-0.1, -0.05) is 78.8 Å². The Balaban J connectivity index is 0.00000184. The van der Waals surface area contributed by atoms with Crippen LogP contribution < -0.4 is 0 Å². The van der Waals surface area contributed by atoms with Crippen molar-refractivity contribution in [2.75, 3.05) is 21.1 Å². The molecular formula is C26H39N3. The van der Waals surface area contributed by atoms with Gasteiger partial charge in [0.15, 0.2) is 0 Å². The lowest BCUT2D eigenvalue weighted by Gasteiger charge is -2.30. The smallest absolute Gasteiger partial charge is 0.131 e. The van der Waals surface area contributed by atoms with Crippen molar-refractivity contribution >= 4 is 5.84 Å². The minimum absolute atomic E-state index is 0.0455. The monoisotopic (exact) mass is 393 g/mol. The van der Waals surface area contributed by atoms with Gasteiger partial charge in [0.25, 0.3) is 0 Å². The lowest BCUT2D eigenvalue weighted by molar-refractivity contribution is 0.503. The van der Waals surface area contributed by atoms with E-state index < -0.39 is 0 Å². The molecule has 2 aromatic carbocycles. The number of benzene rings is 2. The molecule has 0 spiro atoms. The number of hydrogen-bond donors (Lipinski definition) is 0. The van der Waals surface area contributed by atoms with Gasteiger partial charge in [0, 0.05) is 26.7 Å². The summed E-state index contributed by atoms with van der Waals surface area (Å²) in [5, 5.41) is 9.06. The van der Waals surface area contributed by atoms with Crippen molar-refractivity contribution in [2.24, 2.45) is 4.99 Å². The Labute approximate surface area is 179 Å². The van der Waals surface area contributed by atoms with Crippen LogP contribution in [0.3, 0.4) is 0 Å². The summed E-state index contributed by atoms with van der Waals surface area (Å²) in [5.41, 5.74) is 5.44. The number of hydrogen-bond acceptors (Lipinski definition) is 2. The Morgan fingerprint density at radius 3 is 1.97 bits per heavy atom. The third-order valence-electron chi connectivity index (χ3n) is 4.86. The number of nitrogens with zero attached hydrogens (tertiary/aromatic N) is 3. The van der Waals surface area contributed by atoms with Gasteiger partial charge in [0.1, 0.15) is 5.84 Å². The summed E-state index contributed by atoms with van der Waals surface area (Å²) in [7, 11) is 5.90. The van der Waals surface area contributed by atoms with Crippen LogP contribution in [-0.2, 0) is 5.41 Å². The Bertz CT molecular complexity index is 807. The van der Waals surface area contributed by atoms with Crippen molar-refractivity contribution in [3.05, 3.63) is 59.2 Å². The van der Waals surface area contributed by atoms with E-state index >= 15 is 0 Å². The zero-order valence-electron chi connectivity index (χ0n) is 20.1. The molecule has 0 aliphatic rings. The van der Waals surface area contributed by atoms with Gasteiger partial charge in [-0.2, -0.15) is 5.26 Å². The van der Waals surface area contributed by atoms with Crippen molar-refractivity contribution in [2.45, 2.75) is 60.3 Å². The Hall–Kier alpha value is -2.60. The first-order valence-corrected chi connectivity index (χ1v) is 10.6. The largest absolute Gasteiger partial charge is 0.363 e. The van der Waals surface area contributed by atoms with E-state index in [2.05, 4.69) is 54.9 Å². The fraction of sp³-hybridized carbons (Fsp3) is 0.462. The molecule has 158 valence electrons. The van der Waals surface area contributed by atoms with Gasteiger partial charge in [0.2, 0.25) is 0 Å². The van der Waals surface area contributed by atoms with Crippen LogP contribution in [0.5, 0.6) is 0 Å². The molecule has 0 N–H and O–H groups in total. The predicted octanol–water partition coefficient (Wildman–Crippen LogP) is 6.90. The van der Waals surface area contributed by atoms with Gasteiger partial charge < -0.3 is 4.90 Å². The average Bonchev–Trinajstić information content (AvgIpc) is 2.77. The fourth-order valence-electron chi connectivity index (χ4n) is 3.05. The first-order chi connectivity index (χ1) is 13.9. The molecule has 0 unspecified atom stereocenters. The molecule has 2 rings (SSSR count). The van der Waals surface area contributed by atoms with Crippen LogP contribution in [-0.4, -0.2) is 31.9 Å². The summed E-state index contributed by atoms with van der Waals surface area (Å²) < 4.78 is 0. The molecule has 0 aliphatic carbocycles. The molecule has 0 aliphatic heterocycles. The van der Waals surface area contributed by atoms with E-state index in [1.807, 2.05) is 73.1 Å². The van der Waals surface area contributed by atoms with E-state index in [4.69, 9.17) is 5.26 Å². The molecule has 29 heavy (non-hydrogen) atoms. The maximum atomic E-state index is 9.06. The highest BCUT2D eigenvalue weighted by molar-refractivity contribution is 6.05. The molecule has 0 aromatic heterocycles. The zero-order chi connectivity index (χ0) is 22.6. The van der Waals surface area contributed by atoms with Crippen LogP contribution in [0.1, 0.15) is 71.6 Å². The molecule has 0 atom stereocenters. The molecule has 0 bridgehead atoms. The van der Waals surface area contributed by atoms with Crippen LogP contribution in [0.25, 0.3) is 11.1 Å². The maximum Gasteiger partial charge on any atom is 0.131 e. The quantitative estimate of drug-likeness (QED) is 0.418. The van der Waals surface area contributed by atoms with Crippen molar-refractivity contribution in [3.8, 4) is 17.2 Å². The summed E-state index contributed by atoms with van der Waals surface area (Å²) in [6.07, 6.45) is 1.04. The topological polar surface area (TPSA) is 39.4 Å². The van der Waals surface area contributed by atoms with Gasteiger partial charge in [-0.25, -0.2) is 0 Å². The zero-order valence-corrected chi connectivity index (χ0v) is 20.1. The first-order valence-electron chi connectivity index (χ1n) is 10.6. The van der Waals surface area contributed by atoms with E-state index in [9.17, 15) is 0 Å². The summed E-state index contributed by atoms with van der Waals surface area (Å²) in [6.45, 7) is 14.8. The van der Waals surface area contributed by atoms with E-state index in [1.54, 1.807) is 0 Å². The highest BCUT2D eigenvalue weighted by Gasteiger charge is 2.26. The van der Waals surface area contributed by atoms with Crippen LogP contribution in [0.15, 0.2) is 47.5 Å². The minimum atomic E-state index is 0.0455. The average molecular weight is 394 g/mol. The molecule has 3 nitrogen and oxygen atoms in total. The van der Waals surface area contributed by atoms with Crippen LogP contribution >= 0.6 is 0 Å². The number of nitriles is 1. The van der Waals surface area contributed by atoms with Gasteiger partial charge in [-0.3, -0.25) is 4.99 Å². The highest BCUT2D eigenvalue weighted by Crippen LogP contribution is 2.36. The van der Waals surface area contributed by atoms with E-state index in [0.717, 1.165) is 23.4 Å². The van der Waals surface area contributed by atoms with Gasteiger partial charge in [0.05, 0.1) is 11.6 Å². The number of amidine groups is 1. The SMILES string of the molecule is CC.CC.CCC(C)(C)c1cccc(-c2ccc(C#N)cc2)c1C(=NC)N(C)C. The molecule has 0 radical (unpaired) electrons. The first kappa shape index (κ1) is 26.4. The Morgan fingerprint density at radius 1 is 1.00 bits per heavy atom. The molecule has 0 saturated carbocycles. The van der Waals surface area contributed by atoms with E-state index in [1.165, 1.54) is 11.1 Å². The predicted molar refractivity (Wildman–Crippen MR) is 129 cm³/mol. The standard InChI is InChI=1S/C22H27N3.2C2H6/c1-7-22(2,3)19-10-8-9-18(20(19)21(24-4)25(5)6)17-13-11-16(15-23)12-14-17;2*1-2/h8-14H,7H2,1-6H3;2*1-2H3. The molecule has 3 heteroatoms. The summed E-state index contributed by atoms with van der Waals surface area (Å²) in [6, 6.07) is 16.4. The Kier molecular flexibility index (Phi) is 11.6. The Morgan fingerprint density at radius 2 is 1.55 bits per heavy atom. The third kappa shape index (κ3) is 6.46. The lowest BCUT2D eigenvalue weighted by Crippen LogP contribution is -2.28. The second-order valence-electron chi connectivity index (χ2n) is 7.10. The molecule has 0 saturated heterocycles. The lowest BCUT2D eigenvalue weighted by atomic mass is 9.77. The fourth-order valence-corrected chi connectivity index (χ4v) is 3.05.